The molecule has 2 aromatic rings. The molecule has 1 N–H and O–H groups in total. The molecule has 2 heterocycles. The maximum Gasteiger partial charge on any atom is 0.259 e. The van der Waals surface area contributed by atoms with Crippen molar-refractivity contribution in [1.82, 2.24) is 19.7 Å². The largest absolute Gasteiger partial charge is 0.297 e. The van der Waals surface area contributed by atoms with Crippen LogP contribution in [0.15, 0.2) is 24.7 Å². The lowest BCUT2D eigenvalue weighted by Gasteiger charge is -2.07. The Bertz CT molecular complexity index is 613. The predicted molar refractivity (Wildman–Crippen MR) is 74.6 cm³/mol. The van der Waals surface area contributed by atoms with Gasteiger partial charge in [0.1, 0.15) is 6.33 Å². The fourth-order valence-corrected chi connectivity index (χ4v) is 2.01. The Kier molecular flexibility index (Phi) is 3.22. The summed E-state index contributed by atoms with van der Waals surface area (Å²) in [7, 11) is 0. The van der Waals surface area contributed by atoms with Crippen molar-refractivity contribution in [2.45, 2.75) is 38.6 Å². The van der Waals surface area contributed by atoms with Gasteiger partial charge in [-0.25, -0.2) is 0 Å². The van der Waals surface area contributed by atoms with E-state index >= 15 is 0 Å². The Labute approximate surface area is 117 Å². The van der Waals surface area contributed by atoms with Crippen molar-refractivity contribution in [2.24, 2.45) is 0 Å². The first kappa shape index (κ1) is 12.8. The van der Waals surface area contributed by atoms with Crippen molar-refractivity contribution in [3.63, 3.8) is 0 Å². The zero-order valence-corrected chi connectivity index (χ0v) is 11.6. The van der Waals surface area contributed by atoms with Gasteiger partial charge in [0.25, 0.3) is 5.91 Å². The van der Waals surface area contributed by atoms with E-state index in [1.54, 1.807) is 18.6 Å². The van der Waals surface area contributed by atoms with E-state index in [1.165, 1.54) is 0 Å². The molecule has 0 aliphatic heterocycles. The average molecular weight is 271 g/mol. The molecule has 0 spiro atoms. The van der Waals surface area contributed by atoms with Gasteiger partial charge in [-0.05, 0) is 30.9 Å². The second-order valence-electron chi connectivity index (χ2n) is 5.37. The molecule has 0 radical (unpaired) electrons. The minimum atomic E-state index is -0.206. The van der Waals surface area contributed by atoms with Crippen molar-refractivity contribution >= 4 is 11.9 Å². The Morgan fingerprint density at radius 2 is 2.20 bits per heavy atom. The van der Waals surface area contributed by atoms with Crippen LogP contribution >= 0.6 is 0 Å². The number of amides is 1. The molecule has 6 heteroatoms. The van der Waals surface area contributed by atoms with Crippen molar-refractivity contribution in [3.05, 3.63) is 35.9 Å². The molecular weight excluding hydrogens is 254 g/mol. The molecule has 1 fully saturated rings. The Morgan fingerprint density at radius 1 is 1.40 bits per heavy atom. The van der Waals surface area contributed by atoms with Gasteiger partial charge in [-0.2, -0.15) is 0 Å². The first-order valence-electron chi connectivity index (χ1n) is 6.82. The van der Waals surface area contributed by atoms with Crippen LogP contribution in [0, 0.1) is 0 Å². The highest BCUT2D eigenvalue weighted by molar-refractivity contribution is 6.03. The molecule has 0 unspecified atom stereocenters. The molecule has 0 atom stereocenters. The first-order valence-corrected chi connectivity index (χ1v) is 6.82. The number of rotatable bonds is 4. The SMILES string of the molecule is CC(C)c1ccc(C(=O)Nc2nncn2C2CC2)cn1. The third-order valence-corrected chi connectivity index (χ3v) is 3.38. The number of hydrogen-bond acceptors (Lipinski definition) is 4. The lowest BCUT2D eigenvalue weighted by atomic mass is 10.1. The standard InChI is InChI=1S/C14H17N5O/c1-9(2)12-6-3-10(7-15-12)13(20)17-14-18-16-8-19(14)11-4-5-11/h3,6-9,11H,4-5H2,1-2H3,(H,17,18,20). The average Bonchev–Trinajstić information content (AvgIpc) is 3.19. The molecule has 0 aromatic carbocycles. The van der Waals surface area contributed by atoms with Crippen LogP contribution in [0.3, 0.4) is 0 Å². The molecule has 0 bridgehead atoms. The molecule has 20 heavy (non-hydrogen) atoms. The normalized spacial score (nSPS) is 14.6. The van der Waals surface area contributed by atoms with E-state index < -0.39 is 0 Å². The van der Waals surface area contributed by atoms with Gasteiger partial charge in [-0.15, -0.1) is 10.2 Å². The summed E-state index contributed by atoms with van der Waals surface area (Å²) in [6.07, 6.45) is 5.49. The van der Waals surface area contributed by atoms with Gasteiger partial charge in [0.05, 0.1) is 5.56 Å². The van der Waals surface area contributed by atoms with Crippen LogP contribution in [0.1, 0.15) is 54.7 Å². The number of hydrogen-bond donors (Lipinski definition) is 1. The van der Waals surface area contributed by atoms with Gasteiger partial charge in [-0.1, -0.05) is 13.8 Å². The minimum Gasteiger partial charge on any atom is -0.297 e. The number of carbonyl (C=O) groups excluding carboxylic acids is 1. The van der Waals surface area contributed by atoms with Crippen molar-refractivity contribution < 1.29 is 4.79 Å². The van der Waals surface area contributed by atoms with Gasteiger partial charge < -0.3 is 0 Å². The van der Waals surface area contributed by atoms with Gasteiger partial charge in [-0.3, -0.25) is 19.7 Å². The maximum absolute atomic E-state index is 12.2. The van der Waals surface area contributed by atoms with Gasteiger partial charge in [0, 0.05) is 17.9 Å². The number of pyridine rings is 1. The molecule has 104 valence electrons. The summed E-state index contributed by atoms with van der Waals surface area (Å²) in [5, 5.41) is 10.6. The van der Waals surface area contributed by atoms with E-state index in [0.717, 1.165) is 18.5 Å². The summed E-state index contributed by atoms with van der Waals surface area (Å²) in [5.74, 6) is 0.651. The lowest BCUT2D eigenvalue weighted by molar-refractivity contribution is 0.102. The van der Waals surface area contributed by atoms with Crippen LogP contribution in [0.4, 0.5) is 5.95 Å². The fourth-order valence-electron chi connectivity index (χ4n) is 2.01. The molecule has 6 nitrogen and oxygen atoms in total. The number of anilines is 1. The second-order valence-corrected chi connectivity index (χ2v) is 5.37. The van der Waals surface area contributed by atoms with Crippen LogP contribution in [0.25, 0.3) is 0 Å². The molecule has 0 saturated heterocycles. The maximum atomic E-state index is 12.2. The molecule has 1 aliphatic carbocycles. The number of nitrogens with one attached hydrogen (secondary N) is 1. The van der Waals surface area contributed by atoms with Crippen LogP contribution in [-0.4, -0.2) is 25.7 Å². The van der Waals surface area contributed by atoms with Crippen LogP contribution in [-0.2, 0) is 0 Å². The molecule has 1 aliphatic rings. The number of nitrogens with zero attached hydrogens (tertiary/aromatic N) is 4. The predicted octanol–water partition coefficient (Wildman–Crippen LogP) is 2.38. The number of aromatic nitrogens is 4. The van der Waals surface area contributed by atoms with Crippen molar-refractivity contribution in [1.29, 1.82) is 0 Å². The van der Waals surface area contributed by atoms with Crippen molar-refractivity contribution in [3.8, 4) is 0 Å². The Balaban J connectivity index is 1.73. The highest BCUT2D eigenvalue weighted by Gasteiger charge is 2.26. The summed E-state index contributed by atoms with van der Waals surface area (Å²) >= 11 is 0. The highest BCUT2D eigenvalue weighted by Crippen LogP contribution is 2.36. The third-order valence-electron chi connectivity index (χ3n) is 3.38. The molecule has 1 saturated carbocycles. The molecule has 1 amide bonds. The summed E-state index contributed by atoms with van der Waals surface area (Å²) in [6, 6.07) is 4.10. The van der Waals surface area contributed by atoms with E-state index in [2.05, 4.69) is 34.3 Å². The smallest absolute Gasteiger partial charge is 0.259 e. The quantitative estimate of drug-likeness (QED) is 0.926. The van der Waals surface area contributed by atoms with Crippen LogP contribution in [0.5, 0.6) is 0 Å². The van der Waals surface area contributed by atoms with Gasteiger partial charge in [0.2, 0.25) is 5.95 Å². The van der Waals surface area contributed by atoms with E-state index in [0.29, 0.717) is 23.5 Å². The zero-order chi connectivity index (χ0) is 14.1. The lowest BCUT2D eigenvalue weighted by Crippen LogP contribution is -2.16. The summed E-state index contributed by atoms with van der Waals surface area (Å²) in [6.45, 7) is 4.14. The molecule has 3 rings (SSSR count). The molecular formula is C14H17N5O. The Hall–Kier alpha value is -2.24. The zero-order valence-electron chi connectivity index (χ0n) is 11.6. The summed E-state index contributed by atoms with van der Waals surface area (Å²) in [4.78, 5) is 16.5. The van der Waals surface area contributed by atoms with E-state index in [9.17, 15) is 4.79 Å². The van der Waals surface area contributed by atoms with Crippen molar-refractivity contribution in [2.75, 3.05) is 5.32 Å². The summed E-state index contributed by atoms with van der Waals surface area (Å²) < 4.78 is 1.91. The Morgan fingerprint density at radius 3 is 2.80 bits per heavy atom. The van der Waals surface area contributed by atoms with Gasteiger partial charge in [0.15, 0.2) is 0 Å². The monoisotopic (exact) mass is 271 g/mol. The summed E-state index contributed by atoms with van der Waals surface area (Å²) in [5.41, 5.74) is 1.50. The third kappa shape index (κ3) is 2.54. The number of carbonyl (C=O) groups is 1. The topological polar surface area (TPSA) is 72.7 Å². The van der Waals surface area contributed by atoms with Crippen LogP contribution in [0.2, 0.25) is 0 Å². The van der Waals surface area contributed by atoms with E-state index in [4.69, 9.17) is 0 Å². The highest BCUT2D eigenvalue weighted by atomic mass is 16.1. The van der Waals surface area contributed by atoms with Crippen LogP contribution < -0.4 is 5.32 Å². The molecule has 2 aromatic heterocycles. The minimum absolute atomic E-state index is 0.206. The van der Waals surface area contributed by atoms with E-state index in [-0.39, 0.29) is 5.91 Å². The van der Waals surface area contributed by atoms with Gasteiger partial charge >= 0.3 is 0 Å². The first-order chi connectivity index (χ1) is 9.65. The fraction of sp³-hybridized carbons (Fsp3) is 0.429. The van der Waals surface area contributed by atoms with E-state index in [1.807, 2.05) is 10.6 Å². The second kappa shape index (κ2) is 5.03.